The molecule has 3 aromatic carbocycles. The molecule has 5 heteroatoms. The number of halogens is 1. The van der Waals surface area contributed by atoms with Gasteiger partial charge in [0, 0.05) is 22.4 Å². The number of Topliss-reactive ketones (excluding diaryl/α,β-unsaturated/α-hetero) is 1. The summed E-state index contributed by atoms with van der Waals surface area (Å²) in [5.74, 6) is -1.40. The van der Waals surface area contributed by atoms with Crippen molar-refractivity contribution in [3.05, 3.63) is 101 Å². The van der Waals surface area contributed by atoms with Crippen molar-refractivity contribution in [2.75, 3.05) is 5.32 Å². The lowest BCUT2D eigenvalue weighted by Gasteiger charge is -2.10. The summed E-state index contributed by atoms with van der Waals surface area (Å²) < 4.78 is 13.1. The third-order valence-corrected chi connectivity index (χ3v) is 4.05. The van der Waals surface area contributed by atoms with Crippen molar-refractivity contribution in [2.24, 2.45) is 0 Å². The second-order valence-corrected chi connectivity index (χ2v) is 5.97. The van der Waals surface area contributed by atoms with E-state index in [0.29, 0.717) is 11.3 Å². The smallest absolute Gasteiger partial charge is 0.256 e. The molecular weight excluding hydrogens is 345 g/mol. The Bertz CT molecular complexity index is 1030. The minimum absolute atomic E-state index is 0.113. The molecule has 1 N–H and O–H groups in total. The van der Waals surface area contributed by atoms with E-state index in [1.54, 1.807) is 48.5 Å². The van der Waals surface area contributed by atoms with Crippen LogP contribution in [0.5, 0.6) is 0 Å². The number of carbonyl (C=O) groups is 3. The van der Waals surface area contributed by atoms with Crippen molar-refractivity contribution < 1.29 is 18.8 Å². The molecule has 0 aliphatic carbocycles. The molecule has 27 heavy (non-hydrogen) atoms. The average molecular weight is 361 g/mol. The van der Waals surface area contributed by atoms with Gasteiger partial charge in [0.15, 0.2) is 11.6 Å². The molecule has 0 bridgehead atoms. The van der Waals surface area contributed by atoms with Gasteiger partial charge in [-0.2, -0.15) is 0 Å². The molecule has 0 fully saturated rings. The zero-order valence-electron chi connectivity index (χ0n) is 14.5. The van der Waals surface area contributed by atoms with Gasteiger partial charge in [0.1, 0.15) is 5.82 Å². The highest BCUT2D eigenvalue weighted by Crippen LogP contribution is 2.18. The Morgan fingerprint density at radius 1 is 0.778 bits per heavy atom. The molecule has 0 saturated carbocycles. The summed E-state index contributed by atoms with van der Waals surface area (Å²) >= 11 is 0. The summed E-state index contributed by atoms with van der Waals surface area (Å²) in [6, 6.07) is 18.1. The normalized spacial score (nSPS) is 10.3. The summed E-state index contributed by atoms with van der Waals surface area (Å²) in [6.07, 6.45) is 0. The molecular formula is C22H16FNO3. The predicted octanol–water partition coefficient (Wildman–Crippen LogP) is 4.51. The van der Waals surface area contributed by atoms with Crippen LogP contribution in [0.4, 0.5) is 10.1 Å². The standard InChI is InChI=1S/C22H16FNO3/c1-14(25)16-5-4-6-18(13-16)24-22(27)20-8-3-2-7-19(20)21(26)15-9-11-17(23)12-10-15/h2-13H,1H3,(H,24,27). The molecule has 0 aliphatic rings. The van der Waals surface area contributed by atoms with Gasteiger partial charge in [-0.05, 0) is 49.4 Å². The molecule has 0 aliphatic heterocycles. The van der Waals surface area contributed by atoms with E-state index in [9.17, 15) is 18.8 Å². The van der Waals surface area contributed by atoms with Crippen molar-refractivity contribution in [3.63, 3.8) is 0 Å². The molecule has 0 atom stereocenters. The Balaban J connectivity index is 1.90. The van der Waals surface area contributed by atoms with Crippen LogP contribution in [-0.4, -0.2) is 17.5 Å². The highest BCUT2D eigenvalue weighted by Gasteiger charge is 2.18. The zero-order chi connectivity index (χ0) is 19.4. The largest absolute Gasteiger partial charge is 0.322 e. The fraction of sp³-hybridized carbons (Fsp3) is 0.0455. The van der Waals surface area contributed by atoms with Gasteiger partial charge in [0.2, 0.25) is 0 Å². The maximum atomic E-state index is 13.1. The summed E-state index contributed by atoms with van der Waals surface area (Å²) in [4.78, 5) is 36.9. The number of nitrogens with one attached hydrogen (secondary N) is 1. The average Bonchev–Trinajstić information content (AvgIpc) is 2.68. The van der Waals surface area contributed by atoms with Crippen LogP contribution in [0.3, 0.4) is 0 Å². The van der Waals surface area contributed by atoms with Gasteiger partial charge in [0.05, 0.1) is 5.56 Å². The van der Waals surface area contributed by atoms with Gasteiger partial charge in [-0.1, -0.05) is 30.3 Å². The van der Waals surface area contributed by atoms with E-state index in [1.807, 2.05) is 0 Å². The van der Waals surface area contributed by atoms with Crippen LogP contribution in [0, 0.1) is 5.82 Å². The van der Waals surface area contributed by atoms with Crippen LogP contribution >= 0.6 is 0 Å². The van der Waals surface area contributed by atoms with E-state index in [1.165, 1.54) is 31.2 Å². The minimum Gasteiger partial charge on any atom is -0.322 e. The van der Waals surface area contributed by atoms with Gasteiger partial charge in [-0.15, -0.1) is 0 Å². The van der Waals surface area contributed by atoms with Crippen LogP contribution in [0.1, 0.15) is 43.6 Å². The van der Waals surface area contributed by atoms with Gasteiger partial charge in [0.25, 0.3) is 5.91 Å². The molecule has 4 nitrogen and oxygen atoms in total. The highest BCUT2D eigenvalue weighted by atomic mass is 19.1. The van der Waals surface area contributed by atoms with Gasteiger partial charge in [-0.25, -0.2) is 4.39 Å². The summed E-state index contributed by atoms with van der Waals surface area (Å²) in [5.41, 5.74) is 1.62. The first kappa shape index (κ1) is 18.2. The van der Waals surface area contributed by atoms with Gasteiger partial charge >= 0.3 is 0 Å². The van der Waals surface area contributed by atoms with Crippen molar-refractivity contribution >= 4 is 23.2 Å². The van der Waals surface area contributed by atoms with Crippen LogP contribution in [-0.2, 0) is 0 Å². The predicted molar refractivity (Wildman–Crippen MR) is 101 cm³/mol. The van der Waals surface area contributed by atoms with Crippen molar-refractivity contribution in [1.29, 1.82) is 0 Å². The molecule has 1 amide bonds. The molecule has 0 aromatic heterocycles. The number of carbonyl (C=O) groups excluding carboxylic acids is 3. The molecule has 0 unspecified atom stereocenters. The lowest BCUT2D eigenvalue weighted by molar-refractivity contribution is 0.0995. The summed E-state index contributed by atoms with van der Waals surface area (Å²) in [5, 5.41) is 2.71. The van der Waals surface area contributed by atoms with Gasteiger partial charge < -0.3 is 5.32 Å². The Kier molecular flexibility index (Phi) is 5.22. The molecule has 0 spiro atoms. The number of amides is 1. The lowest BCUT2D eigenvalue weighted by Crippen LogP contribution is -2.17. The van der Waals surface area contributed by atoms with E-state index < -0.39 is 11.7 Å². The second kappa shape index (κ2) is 7.74. The number of ketones is 2. The number of benzene rings is 3. The summed E-state index contributed by atoms with van der Waals surface area (Å²) in [7, 11) is 0. The minimum atomic E-state index is -0.471. The molecule has 3 aromatic rings. The Morgan fingerprint density at radius 3 is 2.11 bits per heavy atom. The fourth-order valence-corrected chi connectivity index (χ4v) is 2.65. The Morgan fingerprint density at radius 2 is 1.44 bits per heavy atom. The highest BCUT2D eigenvalue weighted by molar-refractivity contribution is 6.17. The van der Waals surface area contributed by atoms with Crippen molar-refractivity contribution in [1.82, 2.24) is 0 Å². The lowest BCUT2D eigenvalue weighted by atomic mass is 9.98. The van der Waals surface area contributed by atoms with Crippen molar-refractivity contribution in [3.8, 4) is 0 Å². The summed E-state index contributed by atoms with van der Waals surface area (Å²) in [6.45, 7) is 1.44. The Hall–Kier alpha value is -3.60. The maximum Gasteiger partial charge on any atom is 0.256 e. The van der Waals surface area contributed by atoms with Crippen LogP contribution in [0.2, 0.25) is 0 Å². The number of hydrogen-bond donors (Lipinski definition) is 1. The Labute approximate surface area is 155 Å². The third kappa shape index (κ3) is 4.15. The molecule has 134 valence electrons. The number of hydrogen-bond acceptors (Lipinski definition) is 3. The monoisotopic (exact) mass is 361 g/mol. The fourth-order valence-electron chi connectivity index (χ4n) is 2.65. The number of rotatable bonds is 5. The molecule has 0 radical (unpaired) electrons. The van der Waals surface area contributed by atoms with E-state index in [0.717, 1.165) is 0 Å². The van der Waals surface area contributed by atoms with Crippen molar-refractivity contribution in [2.45, 2.75) is 6.92 Å². The van der Waals surface area contributed by atoms with Gasteiger partial charge in [-0.3, -0.25) is 14.4 Å². The quantitative estimate of drug-likeness (QED) is 0.680. The topological polar surface area (TPSA) is 63.2 Å². The van der Waals surface area contributed by atoms with Crippen LogP contribution in [0.15, 0.2) is 72.8 Å². The van der Waals surface area contributed by atoms with E-state index in [4.69, 9.17) is 0 Å². The van der Waals surface area contributed by atoms with E-state index in [2.05, 4.69) is 5.32 Å². The van der Waals surface area contributed by atoms with Crippen LogP contribution < -0.4 is 5.32 Å². The van der Waals surface area contributed by atoms with E-state index in [-0.39, 0.29) is 28.3 Å². The third-order valence-electron chi connectivity index (χ3n) is 4.05. The first-order valence-corrected chi connectivity index (χ1v) is 8.27. The van der Waals surface area contributed by atoms with Crippen LogP contribution in [0.25, 0.3) is 0 Å². The first-order chi connectivity index (χ1) is 13.0. The zero-order valence-corrected chi connectivity index (χ0v) is 14.5. The number of anilines is 1. The first-order valence-electron chi connectivity index (χ1n) is 8.27. The van der Waals surface area contributed by atoms with E-state index >= 15 is 0 Å². The molecule has 3 rings (SSSR count). The molecule has 0 saturated heterocycles. The second-order valence-electron chi connectivity index (χ2n) is 5.97. The molecule has 0 heterocycles. The maximum absolute atomic E-state index is 13.1. The SMILES string of the molecule is CC(=O)c1cccc(NC(=O)c2ccccc2C(=O)c2ccc(F)cc2)c1.